The monoisotopic (exact) mass is 393 g/mol. The molecule has 21 heavy (non-hydrogen) atoms. The number of furan rings is 1. The van der Waals surface area contributed by atoms with E-state index in [2.05, 4.69) is 31.0 Å². The Balaban J connectivity index is 2.25. The van der Waals surface area contributed by atoms with E-state index in [1.807, 2.05) is 19.2 Å². The lowest BCUT2D eigenvalue weighted by atomic mass is 10.2. The van der Waals surface area contributed by atoms with Gasteiger partial charge in [0.2, 0.25) is 0 Å². The summed E-state index contributed by atoms with van der Waals surface area (Å²) in [7, 11) is -1.97. The third-order valence-corrected chi connectivity index (χ3v) is 5.78. The van der Waals surface area contributed by atoms with Gasteiger partial charge in [-0.05, 0) is 28.9 Å². The van der Waals surface area contributed by atoms with E-state index in [1.165, 1.54) is 17.4 Å². The second-order valence-corrected chi connectivity index (χ2v) is 7.95. The topological polar surface area (TPSA) is 84.2 Å². The Morgan fingerprint density at radius 2 is 2.19 bits per heavy atom. The highest BCUT2D eigenvalue weighted by atomic mass is 79.9. The number of nitrogens with zero attached hydrogens (tertiary/aromatic N) is 1. The molecule has 2 aromatic rings. The van der Waals surface area contributed by atoms with Crippen LogP contribution in [0.1, 0.15) is 31.2 Å². The normalized spacial score (nSPS) is 12.0. The minimum absolute atomic E-state index is 0.0639. The van der Waals surface area contributed by atoms with Crippen LogP contribution in [0.5, 0.6) is 0 Å². The predicted octanol–water partition coefficient (Wildman–Crippen LogP) is 3.14. The minimum atomic E-state index is -3.72. The molecule has 9 heteroatoms. The van der Waals surface area contributed by atoms with E-state index < -0.39 is 10.0 Å². The Kier molecular flexibility index (Phi) is 5.07. The molecule has 0 radical (unpaired) electrons. The fourth-order valence-corrected chi connectivity index (χ4v) is 4.73. The maximum Gasteiger partial charge on any atom is 0.268 e. The van der Waals surface area contributed by atoms with Crippen molar-refractivity contribution in [2.75, 3.05) is 11.8 Å². The summed E-state index contributed by atoms with van der Waals surface area (Å²) in [6.07, 6.45) is 0. The SMILES string of the molecule is CNCc1cc(S(=O)(=O)Nc2nc(C(C)C)cs2)c(Br)o1. The largest absolute Gasteiger partial charge is 0.451 e. The van der Waals surface area contributed by atoms with Gasteiger partial charge in [0.05, 0.1) is 12.2 Å². The van der Waals surface area contributed by atoms with Gasteiger partial charge in [0.25, 0.3) is 10.0 Å². The molecule has 0 unspecified atom stereocenters. The van der Waals surface area contributed by atoms with E-state index in [0.717, 1.165) is 5.69 Å². The molecule has 0 amide bonds. The van der Waals surface area contributed by atoms with E-state index in [4.69, 9.17) is 4.42 Å². The van der Waals surface area contributed by atoms with Crippen LogP contribution in [0.3, 0.4) is 0 Å². The lowest BCUT2D eigenvalue weighted by Gasteiger charge is -2.03. The first-order chi connectivity index (χ1) is 9.83. The first-order valence-corrected chi connectivity index (χ1v) is 9.40. The van der Waals surface area contributed by atoms with Crippen molar-refractivity contribution in [1.82, 2.24) is 10.3 Å². The number of rotatable bonds is 6. The third-order valence-electron chi connectivity index (χ3n) is 2.68. The molecule has 2 heterocycles. The molecule has 6 nitrogen and oxygen atoms in total. The van der Waals surface area contributed by atoms with Crippen LogP contribution in [0.4, 0.5) is 5.13 Å². The molecule has 2 aromatic heterocycles. The number of hydrogen-bond donors (Lipinski definition) is 2. The molecule has 2 rings (SSSR count). The zero-order valence-electron chi connectivity index (χ0n) is 11.8. The number of anilines is 1. The van der Waals surface area contributed by atoms with Crippen molar-refractivity contribution < 1.29 is 12.8 Å². The molecule has 2 N–H and O–H groups in total. The van der Waals surface area contributed by atoms with Gasteiger partial charge in [-0.3, -0.25) is 4.72 Å². The maximum atomic E-state index is 12.4. The second kappa shape index (κ2) is 6.47. The molecule has 0 aromatic carbocycles. The molecule has 0 spiro atoms. The van der Waals surface area contributed by atoms with Gasteiger partial charge < -0.3 is 9.73 Å². The number of halogens is 1. The van der Waals surface area contributed by atoms with Gasteiger partial charge in [-0.2, -0.15) is 0 Å². The van der Waals surface area contributed by atoms with E-state index in [1.54, 1.807) is 7.05 Å². The highest BCUT2D eigenvalue weighted by Gasteiger charge is 2.23. The van der Waals surface area contributed by atoms with Crippen LogP contribution in [0.15, 0.2) is 25.4 Å². The number of hydrogen-bond acceptors (Lipinski definition) is 6. The van der Waals surface area contributed by atoms with Crippen molar-refractivity contribution in [2.24, 2.45) is 0 Å². The van der Waals surface area contributed by atoms with E-state index in [-0.39, 0.29) is 15.5 Å². The Labute approximate surface area is 136 Å². The fourth-order valence-electron chi connectivity index (χ4n) is 1.61. The van der Waals surface area contributed by atoms with Gasteiger partial charge in [0.15, 0.2) is 9.80 Å². The van der Waals surface area contributed by atoms with E-state index >= 15 is 0 Å². The number of thiazole rings is 1. The smallest absolute Gasteiger partial charge is 0.268 e. The van der Waals surface area contributed by atoms with Crippen LogP contribution < -0.4 is 10.0 Å². The molecule has 116 valence electrons. The first kappa shape index (κ1) is 16.5. The third kappa shape index (κ3) is 3.85. The van der Waals surface area contributed by atoms with Crippen LogP contribution in [0.2, 0.25) is 0 Å². The molecule has 0 saturated heterocycles. The molecule has 0 fully saturated rings. The van der Waals surface area contributed by atoms with Gasteiger partial charge >= 0.3 is 0 Å². The van der Waals surface area contributed by atoms with Crippen molar-refractivity contribution in [3.8, 4) is 0 Å². The zero-order valence-corrected chi connectivity index (χ0v) is 15.0. The van der Waals surface area contributed by atoms with E-state index in [0.29, 0.717) is 17.4 Å². The lowest BCUT2D eigenvalue weighted by Crippen LogP contribution is -2.12. The van der Waals surface area contributed by atoms with Gasteiger partial charge in [-0.15, -0.1) is 11.3 Å². The predicted molar refractivity (Wildman–Crippen MR) is 86.2 cm³/mol. The summed E-state index contributed by atoms with van der Waals surface area (Å²) in [5.74, 6) is 0.786. The van der Waals surface area contributed by atoms with Crippen molar-refractivity contribution >= 4 is 42.4 Å². The number of sulfonamides is 1. The van der Waals surface area contributed by atoms with Crippen molar-refractivity contribution in [1.29, 1.82) is 0 Å². The van der Waals surface area contributed by atoms with Crippen molar-refractivity contribution in [2.45, 2.75) is 31.2 Å². The Morgan fingerprint density at radius 3 is 2.76 bits per heavy atom. The van der Waals surface area contributed by atoms with Gasteiger partial charge in [-0.25, -0.2) is 13.4 Å². The second-order valence-electron chi connectivity index (χ2n) is 4.72. The number of aromatic nitrogens is 1. The molecule has 0 bridgehead atoms. The van der Waals surface area contributed by atoms with Crippen LogP contribution in [0, 0.1) is 0 Å². The summed E-state index contributed by atoms with van der Waals surface area (Å²) in [6.45, 7) is 4.46. The van der Waals surface area contributed by atoms with Crippen LogP contribution in [-0.2, 0) is 16.6 Å². The first-order valence-electron chi connectivity index (χ1n) is 6.24. The summed E-state index contributed by atoms with van der Waals surface area (Å²) < 4.78 is 32.7. The maximum absolute atomic E-state index is 12.4. The summed E-state index contributed by atoms with van der Waals surface area (Å²) in [6, 6.07) is 1.49. The molecule has 0 aliphatic rings. The highest BCUT2D eigenvalue weighted by molar-refractivity contribution is 9.10. The fraction of sp³-hybridized carbons (Fsp3) is 0.417. The minimum Gasteiger partial charge on any atom is -0.451 e. The Bertz CT molecular complexity index is 722. The molecule has 0 aliphatic heterocycles. The lowest BCUT2D eigenvalue weighted by molar-refractivity contribution is 0.470. The van der Waals surface area contributed by atoms with Gasteiger partial charge in [0, 0.05) is 11.4 Å². The molecule has 0 aliphatic carbocycles. The summed E-state index contributed by atoms with van der Waals surface area (Å²) in [4.78, 5) is 4.33. The summed E-state index contributed by atoms with van der Waals surface area (Å²) in [5, 5.41) is 5.10. The number of nitrogens with one attached hydrogen (secondary N) is 2. The molecular weight excluding hydrogens is 378 g/mol. The zero-order chi connectivity index (χ0) is 15.6. The van der Waals surface area contributed by atoms with Crippen molar-refractivity contribution in [3.05, 3.63) is 27.6 Å². The van der Waals surface area contributed by atoms with Gasteiger partial charge in [-0.1, -0.05) is 13.8 Å². The highest BCUT2D eigenvalue weighted by Crippen LogP contribution is 2.29. The van der Waals surface area contributed by atoms with Crippen LogP contribution in [-0.4, -0.2) is 20.4 Å². The quantitative estimate of drug-likeness (QED) is 0.787. The van der Waals surface area contributed by atoms with Crippen LogP contribution >= 0.6 is 27.3 Å². The Morgan fingerprint density at radius 1 is 1.48 bits per heavy atom. The summed E-state index contributed by atoms with van der Waals surface area (Å²) in [5.41, 5.74) is 0.861. The van der Waals surface area contributed by atoms with Gasteiger partial charge in [0.1, 0.15) is 10.7 Å². The van der Waals surface area contributed by atoms with Crippen molar-refractivity contribution in [3.63, 3.8) is 0 Å². The average molecular weight is 394 g/mol. The Hall–Kier alpha value is -0.900. The molecule has 0 saturated carbocycles. The molecular formula is C12H16BrN3O3S2. The standard InChI is InChI=1S/C12H16BrN3O3S2/c1-7(2)9-6-20-12(15-9)16-21(17,18)10-4-8(5-14-3)19-11(10)13/h4,6-7,14H,5H2,1-3H3,(H,15,16). The van der Waals surface area contributed by atoms with E-state index in [9.17, 15) is 8.42 Å². The summed E-state index contributed by atoms with van der Waals surface area (Å²) >= 11 is 4.40. The van der Waals surface area contributed by atoms with Crippen LogP contribution in [0.25, 0.3) is 0 Å². The molecule has 0 atom stereocenters. The average Bonchev–Trinajstić information content (AvgIpc) is 2.96.